The van der Waals surface area contributed by atoms with Gasteiger partial charge in [-0.05, 0) is 73.1 Å². The van der Waals surface area contributed by atoms with Crippen LogP contribution in [-0.4, -0.2) is 27.2 Å². The van der Waals surface area contributed by atoms with Crippen LogP contribution >= 0.6 is 0 Å². The van der Waals surface area contributed by atoms with Crippen LogP contribution in [0, 0.1) is 11.3 Å². The van der Waals surface area contributed by atoms with E-state index in [0.29, 0.717) is 23.1 Å². The summed E-state index contributed by atoms with van der Waals surface area (Å²) in [4.78, 5) is 16.2. The summed E-state index contributed by atoms with van der Waals surface area (Å²) in [6.45, 7) is 3.92. The lowest BCUT2D eigenvalue weighted by Crippen LogP contribution is -2.29. The molecular weight excluding hydrogens is 416 g/mol. The van der Waals surface area contributed by atoms with Crippen molar-refractivity contribution in [3.8, 4) is 5.75 Å². The SMILES string of the molecule is C[C@H]1CC(n2c(Nc3ccc(OC(F)F)cc3)nc3cc(C(=O)O)ccc32)CC(C)(C)C1. The normalized spacial score (nSPS) is 20.4. The molecule has 2 atom stereocenters. The molecule has 4 rings (SSSR count). The van der Waals surface area contributed by atoms with Gasteiger partial charge >= 0.3 is 12.6 Å². The molecule has 2 aromatic carbocycles. The molecule has 32 heavy (non-hydrogen) atoms. The van der Waals surface area contributed by atoms with Crippen LogP contribution in [-0.2, 0) is 0 Å². The molecule has 170 valence electrons. The van der Waals surface area contributed by atoms with E-state index in [0.717, 1.165) is 24.8 Å². The molecule has 0 aliphatic heterocycles. The summed E-state index contributed by atoms with van der Waals surface area (Å²) in [5, 5.41) is 12.7. The van der Waals surface area contributed by atoms with Gasteiger partial charge in [-0.3, -0.25) is 0 Å². The van der Waals surface area contributed by atoms with Gasteiger partial charge in [-0.1, -0.05) is 20.8 Å². The molecule has 1 aliphatic carbocycles. The van der Waals surface area contributed by atoms with Gasteiger partial charge in [0.2, 0.25) is 5.95 Å². The number of alkyl halides is 2. The maximum Gasteiger partial charge on any atom is 0.387 e. The van der Waals surface area contributed by atoms with Gasteiger partial charge in [0, 0.05) is 11.7 Å². The second kappa shape index (κ2) is 8.41. The molecule has 3 aromatic rings. The number of aromatic nitrogens is 2. The van der Waals surface area contributed by atoms with E-state index < -0.39 is 12.6 Å². The fraction of sp³-hybridized carbons (Fsp3) is 0.417. The van der Waals surface area contributed by atoms with E-state index in [1.165, 1.54) is 12.1 Å². The molecule has 0 radical (unpaired) electrons. The number of benzene rings is 2. The van der Waals surface area contributed by atoms with Crippen molar-refractivity contribution in [1.29, 1.82) is 0 Å². The minimum Gasteiger partial charge on any atom is -0.478 e. The number of carboxylic acids is 1. The molecule has 1 heterocycles. The summed E-state index contributed by atoms with van der Waals surface area (Å²) in [6.07, 6.45) is 3.11. The summed E-state index contributed by atoms with van der Waals surface area (Å²) >= 11 is 0. The molecule has 1 fully saturated rings. The number of imidazole rings is 1. The Labute approximate surface area is 185 Å². The van der Waals surface area contributed by atoms with Crippen LogP contribution in [0.3, 0.4) is 0 Å². The number of carboxylic acid groups (broad SMARTS) is 1. The van der Waals surface area contributed by atoms with Crippen LogP contribution in [0.25, 0.3) is 11.0 Å². The van der Waals surface area contributed by atoms with E-state index in [9.17, 15) is 18.7 Å². The predicted octanol–water partition coefficient (Wildman–Crippen LogP) is 6.47. The van der Waals surface area contributed by atoms with Crippen LogP contribution in [0.2, 0.25) is 0 Å². The number of fused-ring (bicyclic) bond motifs is 1. The van der Waals surface area contributed by atoms with Gasteiger partial charge in [0.1, 0.15) is 5.75 Å². The van der Waals surface area contributed by atoms with Gasteiger partial charge in [-0.25, -0.2) is 9.78 Å². The average molecular weight is 443 g/mol. The molecule has 0 saturated heterocycles. The summed E-state index contributed by atoms with van der Waals surface area (Å²) < 4.78 is 31.4. The van der Waals surface area contributed by atoms with Gasteiger partial charge in [0.25, 0.3) is 0 Å². The number of nitrogens with zero attached hydrogens (tertiary/aromatic N) is 2. The van der Waals surface area contributed by atoms with E-state index in [4.69, 9.17) is 4.98 Å². The van der Waals surface area contributed by atoms with E-state index in [1.807, 2.05) is 6.07 Å². The smallest absolute Gasteiger partial charge is 0.387 e. The quantitative estimate of drug-likeness (QED) is 0.457. The third kappa shape index (κ3) is 4.69. The summed E-state index contributed by atoms with van der Waals surface area (Å²) in [7, 11) is 0. The zero-order chi connectivity index (χ0) is 23.0. The number of hydrogen-bond acceptors (Lipinski definition) is 4. The Morgan fingerprint density at radius 2 is 1.94 bits per heavy atom. The molecule has 0 bridgehead atoms. The molecule has 0 amide bonds. The highest BCUT2D eigenvalue weighted by atomic mass is 19.3. The number of aromatic carboxylic acids is 1. The predicted molar refractivity (Wildman–Crippen MR) is 119 cm³/mol. The van der Waals surface area contributed by atoms with Crippen molar-refractivity contribution < 1.29 is 23.4 Å². The highest BCUT2D eigenvalue weighted by molar-refractivity contribution is 5.93. The van der Waals surface area contributed by atoms with Gasteiger partial charge in [0.15, 0.2) is 0 Å². The molecule has 1 saturated carbocycles. The highest BCUT2D eigenvalue weighted by Gasteiger charge is 2.34. The molecule has 2 N–H and O–H groups in total. The highest BCUT2D eigenvalue weighted by Crippen LogP contribution is 2.46. The Bertz CT molecular complexity index is 1130. The van der Waals surface area contributed by atoms with Crippen molar-refractivity contribution in [2.24, 2.45) is 11.3 Å². The average Bonchev–Trinajstić information content (AvgIpc) is 3.04. The first-order valence-electron chi connectivity index (χ1n) is 10.7. The first-order chi connectivity index (χ1) is 15.1. The minimum absolute atomic E-state index is 0.0769. The number of carbonyl (C=O) groups is 1. The van der Waals surface area contributed by atoms with Crippen molar-refractivity contribution in [2.75, 3.05) is 5.32 Å². The second-order valence-corrected chi connectivity index (χ2v) is 9.41. The van der Waals surface area contributed by atoms with Crippen LogP contribution in [0.4, 0.5) is 20.4 Å². The van der Waals surface area contributed by atoms with Crippen LogP contribution in [0.1, 0.15) is 56.4 Å². The Morgan fingerprint density at radius 1 is 1.22 bits per heavy atom. The maximum absolute atomic E-state index is 12.4. The van der Waals surface area contributed by atoms with Crippen molar-refractivity contribution in [1.82, 2.24) is 9.55 Å². The van der Waals surface area contributed by atoms with Crippen molar-refractivity contribution in [3.05, 3.63) is 48.0 Å². The van der Waals surface area contributed by atoms with Crippen molar-refractivity contribution >= 4 is 28.6 Å². The molecule has 0 spiro atoms. The Kier molecular flexibility index (Phi) is 5.79. The Balaban J connectivity index is 1.74. The number of anilines is 2. The molecule has 1 aromatic heterocycles. The van der Waals surface area contributed by atoms with Gasteiger partial charge in [-0.15, -0.1) is 0 Å². The van der Waals surface area contributed by atoms with E-state index in [2.05, 4.69) is 35.4 Å². The van der Waals surface area contributed by atoms with Crippen LogP contribution in [0.15, 0.2) is 42.5 Å². The number of hydrogen-bond donors (Lipinski definition) is 2. The van der Waals surface area contributed by atoms with Gasteiger partial charge < -0.3 is 19.7 Å². The zero-order valence-corrected chi connectivity index (χ0v) is 18.3. The third-order valence-electron chi connectivity index (χ3n) is 6.00. The van der Waals surface area contributed by atoms with Crippen LogP contribution < -0.4 is 10.1 Å². The van der Waals surface area contributed by atoms with E-state index >= 15 is 0 Å². The van der Waals surface area contributed by atoms with Gasteiger partial charge in [-0.2, -0.15) is 8.78 Å². The molecule has 1 unspecified atom stereocenters. The molecule has 8 heteroatoms. The zero-order valence-electron chi connectivity index (χ0n) is 18.3. The topological polar surface area (TPSA) is 76.4 Å². The third-order valence-corrected chi connectivity index (χ3v) is 6.00. The fourth-order valence-electron chi connectivity index (χ4n) is 5.03. The number of halogens is 2. The summed E-state index contributed by atoms with van der Waals surface area (Å²) in [5.41, 5.74) is 2.49. The first kappa shape index (κ1) is 22.0. The van der Waals surface area contributed by atoms with E-state index in [1.54, 1.807) is 24.3 Å². The van der Waals surface area contributed by atoms with Gasteiger partial charge in [0.05, 0.1) is 16.6 Å². The molecular formula is C24H27F2N3O3. The van der Waals surface area contributed by atoms with E-state index in [-0.39, 0.29) is 22.8 Å². The summed E-state index contributed by atoms with van der Waals surface area (Å²) in [5.74, 6) is 0.212. The van der Waals surface area contributed by atoms with Crippen molar-refractivity contribution in [3.63, 3.8) is 0 Å². The number of rotatable bonds is 6. The maximum atomic E-state index is 12.4. The number of ether oxygens (including phenoxy) is 1. The first-order valence-corrected chi connectivity index (χ1v) is 10.7. The Morgan fingerprint density at radius 3 is 2.56 bits per heavy atom. The lowest BCUT2D eigenvalue weighted by atomic mass is 9.70. The van der Waals surface area contributed by atoms with Crippen LogP contribution in [0.5, 0.6) is 5.75 Å². The molecule has 1 aliphatic rings. The lowest BCUT2D eigenvalue weighted by molar-refractivity contribution is -0.0498. The molecule has 6 nitrogen and oxygen atoms in total. The summed E-state index contributed by atoms with van der Waals surface area (Å²) in [6, 6.07) is 11.4. The monoisotopic (exact) mass is 443 g/mol. The van der Waals surface area contributed by atoms with Crippen molar-refractivity contribution in [2.45, 2.75) is 52.7 Å². The number of nitrogens with one attached hydrogen (secondary N) is 1. The standard InChI is InChI=1S/C24H27F2N3O3/c1-14-10-17(13-24(2,3)12-14)29-20-9-4-15(21(30)31)11-19(20)28-23(29)27-16-5-7-18(8-6-16)32-22(25)26/h4-9,11,14,17,22H,10,12-13H2,1-3H3,(H,27,28)(H,30,31)/t14-,17?/m0/s1. The lowest BCUT2D eigenvalue weighted by Gasteiger charge is -2.40. The minimum atomic E-state index is -2.88. The largest absolute Gasteiger partial charge is 0.478 e. The second-order valence-electron chi connectivity index (χ2n) is 9.41. The Hall–Kier alpha value is -3.16. The fourth-order valence-corrected chi connectivity index (χ4v) is 5.03.